The summed E-state index contributed by atoms with van der Waals surface area (Å²) in [5.74, 6) is 0.112. The molecule has 2 aromatic rings. The van der Waals surface area contributed by atoms with Crippen molar-refractivity contribution < 1.29 is 20.3 Å². The number of hydrogen-bond acceptors (Lipinski definition) is 3. The summed E-state index contributed by atoms with van der Waals surface area (Å²) in [6.07, 6.45) is 0. The van der Waals surface area contributed by atoms with E-state index in [9.17, 15) is 0 Å². The average molecular weight is 218 g/mol. The van der Waals surface area contributed by atoms with Gasteiger partial charge in [-0.25, -0.2) is 0 Å². The predicted molar refractivity (Wildman–Crippen MR) is 62.8 cm³/mol. The minimum absolute atomic E-state index is 0.254. The quantitative estimate of drug-likeness (QED) is 0.760. The molecular formula is C12H11BO3. The highest BCUT2D eigenvalue weighted by atomic mass is 16.5. The Morgan fingerprint density at radius 3 is 2.12 bits per heavy atom. The number of para-hydroxylation sites is 1. The van der Waals surface area contributed by atoms with Gasteiger partial charge in [-0.1, -0.05) is 30.3 Å². The van der Waals surface area contributed by atoms with Gasteiger partial charge in [0.05, 0.1) is 5.48 Å². The molecule has 16 heavy (non-hydrogen) atoms. The molecule has 2 aromatic carbocycles. The van der Waals surface area contributed by atoms with Crippen LogP contribution in [0.4, 0.5) is 0 Å². The molecule has 0 spiro atoms. The molecule has 0 aromatic heterocycles. The van der Waals surface area contributed by atoms with Crippen molar-refractivity contribution in [3.05, 3.63) is 54.5 Å². The van der Waals surface area contributed by atoms with Gasteiger partial charge in [-0.2, -0.15) is 0 Å². The van der Waals surface area contributed by atoms with Gasteiger partial charge < -0.3 is 14.8 Å². The van der Waals surface area contributed by atoms with Gasteiger partial charge in [-0.3, -0.25) is 0 Å². The second kappa shape index (κ2) is 4.83. The average Bonchev–Trinajstić information content (AvgIpc) is 2.42. The van der Waals surface area contributed by atoms with Crippen molar-refractivity contribution in [1.29, 1.82) is 0 Å². The third-order valence-corrected chi connectivity index (χ3v) is 1.84. The van der Waals surface area contributed by atoms with E-state index >= 15 is 0 Å². The molecule has 0 aliphatic rings. The normalized spacial score (nSPS) is 13.4. The molecule has 0 aliphatic heterocycles. The molecule has 80 valence electrons. The lowest BCUT2D eigenvalue weighted by molar-refractivity contribution is 0.425. The summed E-state index contributed by atoms with van der Waals surface area (Å²) in [6.45, 7) is 0. The molecule has 0 atom stereocenters. The summed E-state index contributed by atoms with van der Waals surface area (Å²) in [5, 5.41) is 18.2. The van der Waals surface area contributed by atoms with Gasteiger partial charge >= 0.3 is 7.12 Å². The van der Waals surface area contributed by atoms with Crippen molar-refractivity contribution in [1.82, 2.24) is 0 Å². The van der Waals surface area contributed by atoms with Gasteiger partial charge in [-0.15, -0.1) is 0 Å². The van der Waals surface area contributed by atoms with Crippen LogP contribution in [0.15, 0.2) is 54.5 Å². The van der Waals surface area contributed by atoms with E-state index in [1.807, 2.05) is 0 Å². The maximum Gasteiger partial charge on any atom is 0.488 e. The molecule has 0 aliphatic carbocycles. The van der Waals surface area contributed by atoms with Crippen molar-refractivity contribution in [3.8, 4) is 11.5 Å². The standard InChI is InChI=1S/C12H11BO3/c14-13(15)10-6-8-12(9-7-10)16-11-4-2-1-3-5-11/h1-9,14-15H/i6D,7D,8D,9D. The molecule has 0 saturated heterocycles. The Bertz CT molecular complexity index is 605. The first-order valence-corrected chi connectivity index (χ1v) is 4.62. The zero-order chi connectivity index (χ0) is 14.9. The Labute approximate surface area is 99.7 Å². The van der Waals surface area contributed by atoms with Crippen molar-refractivity contribution in [3.63, 3.8) is 0 Å². The van der Waals surface area contributed by atoms with Gasteiger partial charge in [-0.05, 0) is 29.7 Å². The minimum Gasteiger partial charge on any atom is -0.457 e. The third-order valence-electron chi connectivity index (χ3n) is 1.84. The fraction of sp³-hybridized carbons (Fsp3) is 0. The number of rotatable bonds is 3. The van der Waals surface area contributed by atoms with Crippen LogP contribution in [-0.2, 0) is 0 Å². The van der Waals surface area contributed by atoms with Crippen LogP contribution in [0.1, 0.15) is 5.48 Å². The van der Waals surface area contributed by atoms with Gasteiger partial charge in [0.2, 0.25) is 0 Å². The van der Waals surface area contributed by atoms with Crippen LogP contribution in [0.2, 0.25) is 0 Å². The maximum atomic E-state index is 9.12. The molecule has 0 unspecified atom stereocenters. The molecule has 0 radical (unpaired) electrons. The third kappa shape index (κ3) is 2.62. The molecular weight excluding hydrogens is 203 g/mol. The van der Waals surface area contributed by atoms with Crippen LogP contribution in [0, 0.1) is 0 Å². The molecule has 3 nitrogen and oxygen atoms in total. The first kappa shape index (κ1) is 6.73. The molecule has 2 N–H and O–H groups in total. The van der Waals surface area contributed by atoms with Crippen LogP contribution >= 0.6 is 0 Å². The fourth-order valence-electron chi connectivity index (χ4n) is 1.10. The second-order valence-corrected chi connectivity index (χ2v) is 3.03. The molecule has 4 heteroatoms. The van der Waals surface area contributed by atoms with E-state index in [4.69, 9.17) is 20.3 Å². The predicted octanol–water partition coefficient (Wildman–Crippen LogP) is 1.16. The summed E-state index contributed by atoms with van der Waals surface area (Å²) < 4.78 is 36.3. The summed E-state index contributed by atoms with van der Waals surface area (Å²) in [5.41, 5.74) is -0.472. The van der Waals surface area contributed by atoms with Crippen LogP contribution in [0.25, 0.3) is 0 Å². The van der Waals surface area contributed by atoms with Crippen molar-refractivity contribution in [2.45, 2.75) is 0 Å². The monoisotopic (exact) mass is 218 g/mol. The zero-order valence-electron chi connectivity index (χ0n) is 12.3. The van der Waals surface area contributed by atoms with Crippen molar-refractivity contribution >= 4 is 12.6 Å². The van der Waals surface area contributed by atoms with E-state index in [2.05, 4.69) is 0 Å². The number of benzene rings is 2. The molecule has 2 rings (SSSR count). The van der Waals surface area contributed by atoms with Gasteiger partial charge in [0.15, 0.2) is 0 Å². The van der Waals surface area contributed by atoms with Crippen LogP contribution in [0.5, 0.6) is 11.5 Å². The topological polar surface area (TPSA) is 49.7 Å². The van der Waals surface area contributed by atoms with E-state index in [1.54, 1.807) is 30.3 Å². The van der Waals surface area contributed by atoms with Crippen LogP contribution in [0.3, 0.4) is 0 Å². The Morgan fingerprint density at radius 1 is 0.938 bits per heavy atom. The van der Waals surface area contributed by atoms with Crippen molar-refractivity contribution in [2.75, 3.05) is 0 Å². The van der Waals surface area contributed by atoms with E-state index in [0.717, 1.165) is 0 Å². The van der Waals surface area contributed by atoms with Gasteiger partial charge in [0.25, 0.3) is 0 Å². The first-order chi connectivity index (χ1) is 9.43. The maximum absolute atomic E-state index is 9.12. The van der Waals surface area contributed by atoms with Crippen LogP contribution in [-0.4, -0.2) is 17.2 Å². The Hall–Kier alpha value is -1.78. The largest absolute Gasteiger partial charge is 0.488 e. The highest BCUT2D eigenvalue weighted by Gasteiger charge is 2.09. The molecule has 0 saturated carbocycles. The SMILES string of the molecule is [2H]c1c([2H])c(B(O)O)c([2H])c([2H])c1Oc1ccccc1. The molecule has 0 bridgehead atoms. The summed E-state index contributed by atoms with van der Waals surface area (Å²) in [6, 6.07) is 6.42. The van der Waals surface area contributed by atoms with E-state index < -0.39 is 36.8 Å². The lowest BCUT2D eigenvalue weighted by Crippen LogP contribution is -2.29. The van der Waals surface area contributed by atoms with E-state index in [0.29, 0.717) is 5.75 Å². The van der Waals surface area contributed by atoms with Crippen molar-refractivity contribution in [2.24, 2.45) is 0 Å². The summed E-state index contributed by atoms with van der Waals surface area (Å²) in [7, 11) is -2.08. The van der Waals surface area contributed by atoms with Gasteiger partial charge in [0.1, 0.15) is 11.5 Å². The van der Waals surface area contributed by atoms with Gasteiger partial charge in [0, 0.05) is 0 Å². The minimum atomic E-state index is -2.08. The molecule has 0 heterocycles. The second-order valence-electron chi connectivity index (χ2n) is 3.03. The lowest BCUT2D eigenvalue weighted by atomic mass is 9.80. The number of ether oxygens (including phenoxy) is 1. The summed E-state index contributed by atoms with van der Waals surface area (Å²) >= 11 is 0. The molecule has 0 amide bonds. The Balaban J connectivity index is 2.55. The highest BCUT2D eigenvalue weighted by molar-refractivity contribution is 6.58. The lowest BCUT2D eigenvalue weighted by Gasteiger charge is -2.06. The van der Waals surface area contributed by atoms with E-state index in [-0.39, 0.29) is 5.75 Å². The first-order valence-electron chi connectivity index (χ1n) is 6.62. The highest BCUT2D eigenvalue weighted by Crippen LogP contribution is 2.19. The number of hydrogen-bond donors (Lipinski definition) is 2. The molecule has 0 fully saturated rings. The Kier molecular flexibility index (Phi) is 2.03. The zero-order valence-corrected chi connectivity index (χ0v) is 8.27. The fourth-order valence-corrected chi connectivity index (χ4v) is 1.10. The van der Waals surface area contributed by atoms with Crippen LogP contribution < -0.4 is 10.2 Å². The summed E-state index contributed by atoms with van der Waals surface area (Å²) in [4.78, 5) is 0. The Morgan fingerprint density at radius 2 is 1.56 bits per heavy atom. The van der Waals surface area contributed by atoms with E-state index in [1.165, 1.54) is 0 Å². The smallest absolute Gasteiger partial charge is 0.457 e.